The summed E-state index contributed by atoms with van der Waals surface area (Å²) in [5.41, 5.74) is 6.46. The van der Waals surface area contributed by atoms with Gasteiger partial charge in [-0.1, -0.05) is 0 Å². The highest BCUT2D eigenvalue weighted by Crippen LogP contribution is 2.30. The molecule has 2 unspecified atom stereocenters. The van der Waals surface area contributed by atoms with Crippen molar-refractivity contribution in [1.82, 2.24) is 9.80 Å². The van der Waals surface area contributed by atoms with E-state index in [9.17, 15) is 4.79 Å². The number of fused-ring (bicyclic) bond motifs is 2. The van der Waals surface area contributed by atoms with E-state index in [4.69, 9.17) is 5.73 Å². The molecule has 0 aliphatic carbocycles. The lowest BCUT2D eigenvalue weighted by Crippen LogP contribution is -2.39. The molecule has 3 rings (SSSR count). The number of nitrogens with two attached hydrogens (primary N) is 1. The predicted octanol–water partition coefficient (Wildman–Crippen LogP) is 1.64. The Morgan fingerprint density at radius 1 is 1.39 bits per heavy atom. The molecule has 98 valence electrons. The Kier molecular flexibility index (Phi) is 3.03. The molecule has 0 aromatic carbocycles. The van der Waals surface area contributed by atoms with Gasteiger partial charge in [-0.15, -0.1) is 11.3 Å². The smallest absolute Gasteiger partial charge is 0.266 e. The fourth-order valence-electron chi connectivity index (χ4n) is 3.13. The van der Waals surface area contributed by atoms with E-state index in [-0.39, 0.29) is 5.91 Å². The van der Waals surface area contributed by atoms with Crippen LogP contribution in [0.15, 0.2) is 11.4 Å². The molecular formula is C13H19N3OS. The maximum absolute atomic E-state index is 12.5. The zero-order valence-electron chi connectivity index (χ0n) is 10.6. The van der Waals surface area contributed by atoms with Crippen molar-refractivity contribution in [3.8, 4) is 0 Å². The van der Waals surface area contributed by atoms with Gasteiger partial charge in [0.1, 0.15) is 4.88 Å². The normalized spacial score (nSPS) is 28.4. The quantitative estimate of drug-likeness (QED) is 0.840. The summed E-state index contributed by atoms with van der Waals surface area (Å²) < 4.78 is 0. The standard InChI is InChI=1S/C13H19N3OS/c1-15-9-2-3-10(15)8-16(6-4-9)13(17)12-11(14)5-7-18-12/h5,7,9-10H,2-4,6,8,14H2,1H3. The van der Waals surface area contributed by atoms with Crippen molar-refractivity contribution < 1.29 is 4.79 Å². The number of anilines is 1. The van der Waals surface area contributed by atoms with E-state index in [0.29, 0.717) is 22.6 Å². The molecule has 1 aromatic rings. The minimum absolute atomic E-state index is 0.114. The molecule has 5 heteroatoms. The number of rotatable bonds is 1. The van der Waals surface area contributed by atoms with Gasteiger partial charge >= 0.3 is 0 Å². The summed E-state index contributed by atoms with van der Waals surface area (Å²) in [6, 6.07) is 3.00. The van der Waals surface area contributed by atoms with Crippen LogP contribution in [0.4, 0.5) is 5.69 Å². The number of nitrogen functional groups attached to an aromatic ring is 1. The van der Waals surface area contributed by atoms with Crippen molar-refractivity contribution in [3.05, 3.63) is 16.3 Å². The molecule has 2 aliphatic heterocycles. The van der Waals surface area contributed by atoms with Crippen LogP contribution in [0.3, 0.4) is 0 Å². The number of amides is 1. The van der Waals surface area contributed by atoms with Crippen LogP contribution in [0.1, 0.15) is 28.9 Å². The highest BCUT2D eigenvalue weighted by Gasteiger charge is 2.36. The average Bonchev–Trinajstić information content (AvgIpc) is 2.84. The topological polar surface area (TPSA) is 49.6 Å². The molecule has 1 amide bonds. The van der Waals surface area contributed by atoms with Crippen LogP contribution >= 0.6 is 11.3 Å². The Bertz CT molecular complexity index is 459. The summed E-state index contributed by atoms with van der Waals surface area (Å²) in [5, 5.41) is 1.89. The van der Waals surface area contributed by atoms with Crippen molar-refractivity contribution >= 4 is 22.9 Å². The highest BCUT2D eigenvalue weighted by molar-refractivity contribution is 7.12. The minimum atomic E-state index is 0.114. The summed E-state index contributed by atoms with van der Waals surface area (Å²) in [6.07, 6.45) is 3.58. The van der Waals surface area contributed by atoms with Crippen LogP contribution in [0.25, 0.3) is 0 Å². The van der Waals surface area contributed by atoms with Gasteiger partial charge in [-0.2, -0.15) is 0 Å². The molecule has 0 radical (unpaired) electrons. The molecule has 0 saturated carbocycles. The Morgan fingerprint density at radius 2 is 2.17 bits per heavy atom. The average molecular weight is 265 g/mol. The summed E-state index contributed by atoms with van der Waals surface area (Å²) in [6.45, 7) is 1.71. The second-order valence-corrected chi connectivity index (χ2v) is 6.21. The zero-order valence-corrected chi connectivity index (χ0v) is 11.4. The van der Waals surface area contributed by atoms with Crippen LogP contribution < -0.4 is 5.73 Å². The van der Waals surface area contributed by atoms with Crippen LogP contribution in [0, 0.1) is 0 Å². The number of likely N-dealkylation sites (tertiary alicyclic amines) is 1. The molecule has 3 heterocycles. The minimum Gasteiger partial charge on any atom is -0.397 e. The van der Waals surface area contributed by atoms with E-state index in [1.54, 1.807) is 0 Å². The lowest BCUT2D eigenvalue weighted by atomic mass is 10.1. The van der Waals surface area contributed by atoms with Gasteiger partial charge in [-0.25, -0.2) is 0 Å². The number of likely N-dealkylation sites (N-methyl/N-ethyl adjacent to an activating group) is 1. The van der Waals surface area contributed by atoms with Gasteiger partial charge in [-0.05, 0) is 37.8 Å². The van der Waals surface area contributed by atoms with E-state index in [0.717, 1.165) is 19.5 Å². The first-order valence-corrected chi connectivity index (χ1v) is 7.39. The lowest BCUT2D eigenvalue weighted by molar-refractivity contribution is 0.0746. The number of carbonyl (C=O) groups is 1. The third-order valence-electron chi connectivity index (χ3n) is 4.33. The van der Waals surface area contributed by atoms with E-state index < -0.39 is 0 Å². The van der Waals surface area contributed by atoms with Gasteiger partial charge in [0.2, 0.25) is 0 Å². The first kappa shape index (κ1) is 12.0. The molecule has 2 saturated heterocycles. The van der Waals surface area contributed by atoms with E-state index in [1.807, 2.05) is 16.3 Å². The van der Waals surface area contributed by atoms with Gasteiger partial charge in [0, 0.05) is 25.2 Å². The first-order chi connectivity index (χ1) is 8.66. The van der Waals surface area contributed by atoms with E-state index in [2.05, 4.69) is 11.9 Å². The molecular weight excluding hydrogens is 246 g/mol. The highest BCUT2D eigenvalue weighted by atomic mass is 32.1. The molecule has 1 aromatic heterocycles. The van der Waals surface area contributed by atoms with E-state index in [1.165, 1.54) is 24.2 Å². The van der Waals surface area contributed by atoms with Crippen molar-refractivity contribution in [2.75, 3.05) is 25.9 Å². The Hall–Kier alpha value is -1.07. The van der Waals surface area contributed by atoms with E-state index >= 15 is 0 Å². The number of thiophene rings is 1. The molecule has 4 nitrogen and oxygen atoms in total. The van der Waals surface area contributed by atoms with Crippen LogP contribution in [0.5, 0.6) is 0 Å². The zero-order chi connectivity index (χ0) is 12.7. The molecule has 2 fully saturated rings. The first-order valence-electron chi connectivity index (χ1n) is 6.51. The Balaban J connectivity index is 1.78. The second-order valence-electron chi connectivity index (χ2n) is 5.30. The third-order valence-corrected chi connectivity index (χ3v) is 5.24. The molecule has 18 heavy (non-hydrogen) atoms. The lowest BCUT2D eigenvalue weighted by Gasteiger charge is -2.25. The molecule has 2 atom stereocenters. The predicted molar refractivity (Wildman–Crippen MR) is 73.8 cm³/mol. The fourth-order valence-corrected chi connectivity index (χ4v) is 3.91. The second kappa shape index (κ2) is 4.55. The SMILES string of the molecule is CN1C2CCC1CN(C(=O)c1sccc1N)CC2. The maximum atomic E-state index is 12.5. The largest absolute Gasteiger partial charge is 0.397 e. The van der Waals surface area contributed by atoms with Crippen molar-refractivity contribution in [2.24, 2.45) is 0 Å². The van der Waals surface area contributed by atoms with Crippen molar-refractivity contribution in [2.45, 2.75) is 31.3 Å². The monoisotopic (exact) mass is 265 g/mol. The number of hydrogen-bond donors (Lipinski definition) is 1. The number of carbonyl (C=O) groups excluding carboxylic acids is 1. The molecule has 2 aliphatic rings. The van der Waals surface area contributed by atoms with Gasteiger partial charge < -0.3 is 10.6 Å². The number of hydrogen-bond acceptors (Lipinski definition) is 4. The molecule has 2 N–H and O–H groups in total. The maximum Gasteiger partial charge on any atom is 0.266 e. The van der Waals surface area contributed by atoms with Crippen molar-refractivity contribution in [1.29, 1.82) is 0 Å². The van der Waals surface area contributed by atoms with Gasteiger partial charge in [0.15, 0.2) is 0 Å². The number of nitrogens with zero attached hydrogens (tertiary/aromatic N) is 2. The summed E-state index contributed by atoms with van der Waals surface area (Å²) >= 11 is 1.45. The Labute approximate surface area is 111 Å². The van der Waals surface area contributed by atoms with Gasteiger partial charge in [0.25, 0.3) is 5.91 Å². The van der Waals surface area contributed by atoms with Crippen LogP contribution in [-0.2, 0) is 0 Å². The van der Waals surface area contributed by atoms with Crippen molar-refractivity contribution in [3.63, 3.8) is 0 Å². The summed E-state index contributed by atoms with van der Waals surface area (Å²) in [5.74, 6) is 0.114. The molecule has 0 spiro atoms. The summed E-state index contributed by atoms with van der Waals surface area (Å²) in [4.78, 5) is 17.6. The van der Waals surface area contributed by atoms with Gasteiger partial charge in [-0.3, -0.25) is 9.69 Å². The summed E-state index contributed by atoms with van der Waals surface area (Å²) in [7, 11) is 2.19. The third kappa shape index (κ3) is 1.91. The van der Waals surface area contributed by atoms with Gasteiger partial charge in [0.05, 0.1) is 5.69 Å². The fraction of sp³-hybridized carbons (Fsp3) is 0.615. The molecule has 2 bridgehead atoms. The van der Waals surface area contributed by atoms with Crippen LogP contribution in [-0.4, -0.2) is 47.9 Å². The Morgan fingerprint density at radius 3 is 2.89 bits per heavy atom. The van der Waals surface area contributed by atoms with Crippen LogP contribution in [0.2, 0.25) is 0 Å².